The minimum atomic E-state index is -0.0680. The monoisotopic (exact) mass is 287 g/mol. The van der Waals surface area contributed by atoms with Gasteiger partial charge in [-0.25, -0.2) is 0 Å². The minimum Gasteiger partial charge on any atom is -0.383 e. The third kappa shape index (κ3) is 3.70. The van der Waals surface area contributed by atoms with Crippen LogP contribution in [0.5, 0.6) is 0 Å². The Labute approximate surface area is 125 Å². The van der Waals surface area contributed by atoms with Crippen LogP contribution in [-0.2, 0) is 11.3 Å². The van der Waals surface area contributed by atoms with E-state index in [0.29, 0.717) is 25.4 Å². The second kappa shape index (κ2) is 7.04. The van der Waals surface area contributed by atoms with Crippen LogP contribution in [0, 0.1) is 13.8 Å². The van der Waals surface area contributed by atoms with Gasteiger partial charge in [0.2, 0.25) is 0 Å². The molecular weight excluding hydrogens is 266 g/mol. The lowest BCUT2D eigenvalue weighted by Gasteiger charge is -2.12. The highest BCUT2D eigenvalue weighted by Gasteiger charge is 2.17. The number of rotatable bonds is 6. The number of carbonyl (C=O) groups excluding carboxylic acids is 1. The molecule has 0 aliphatic heterocycles. The highest BCUT2D eigenvalue weighted by atomic mass is 16.5. The molecule has 5 heteroatoms. The van der Waals surface area contributed by atoms with E-state index in [9.17, 15) is 4.79 Å². The van der Waals surface area contributed by atoms with Crippen LogP contribution in [0.2, 0.25) is 0 Å². The van der Waals surface area contributed by atoms with Gasteiger partial charge in [-0.15, -0.1) is 0 Å². The van der Waals surface area contributed by atoms with Gasteiger partial charge in [-0.1, -0.05) is 6.07 Å². The van der Waals surface area contributed by atoms with Crippen LogP contribution in [-0.4, -0.2) is 35.7 Å². The zero-order chi connectivity index (χ0) is 15.2. The first kappa shape index (κ1) is 15.3. The lowest BCUT2D eigenvalue weighted by Crippen LogP contribution is -2.29. The number of nitrogens with zero attached hydrogens (tertiary/aromatic N) is 2. The van der Waals surface area contributed by atoms with Crippen LogP contribution in [0.15, 0.2) is 30.6 Å². The molecule has 0 saturated carbocycles. The zero-order valence-corrected chi connectivity index (χ0v) is 12.7. The summed E-state index contributed by atoms with van der Waals surface area (Å²) in [5.41, 5.74) is 3.81. The van der Waals surface area contributed by atoms with Gasteiger partial charge in [0.15, 0.2) is 0 Å². The molecule has 0 radical (unpaired) electrons. The first-order chi connectivity index (χ1) is 10.1. The number of aryl methyl sites for hydroxylation is 2. The molecule has 0 atom stereocenters. The van der Waals surface area contributed by atoms with Crippen LogP contribution in [0.1, 0.15) is 27.3 Å². The van der Waals surface area contributed by atoms with Crippen molar-refractivity contribution < 1.29 is 9.53 Å². The highest BCUT2D eigenvalue weighted by molar-refractivity contribution is 5.94. The van der Waals surface area contributed by atoms with Crippen molar-refractivity contribution in [2.24, 2.45) is 0 Å². The molecular formula is C16H21N3O2. The van der Waals surface area contributed by atoms with Gasteiger partial charge in [-0.2, -0.15) is 0 Å². The number of pyridine rings is 1. The Balaban J connectivity index is 2.23. The van der Waals surface area contributed by atoms with E-state index in [1.165, 1.54) is 0 Å². The molecule has 0 bridgehead atoms. The molecule has 2 aromatic rings. The molecule has 0 saturated heterocycles. The summed E-state index contributed by atoms with van der Waals surface area (Å²) in [4.78, 5) is 16.5. The summed E-state index contributed by atoms with van der Waals surface area (Å²) in [6.07, 6.45) is 3.57. The summed E-state index contributed by atoms with van der Waals surface area (Å²) in [5, 5.41) is 2.88. The van der Waals surface area contributed by atoms with E-state index in [4.69, 9.17) is 4.74 Å². The SMILES string of the molecule is COCCNC(=O)c1c(C)cc(C)n1Cc1cccnc1. The van der Waals surface area contributed by atoms with Gasteiger partial charge in [0, 0.05) is 38.3 Å². The fourth-order valence-corrected chi connectivity index (χ4v) is 2.38. The van der Waals surface area contributed by atoms with Crippen molar-refractivity contribution in [1.29, 1.82) is 0 Å². The molecule has 0 unspecified atom stereocenters. The van der Waals surface area contributed by atoms with Crippen molar-refractivity contribution in [2.45, 2.75) is 20.4 Å². The third-order valence-corrected chi connectivity index (χ3v) is 3.36. The van der Waals surface area contributed by atoms with Crippen molar-refractivity contribution in [3.8, 4) is 0 Å². The van der Waals surface area contributed by atoms with E-state index in [-0.39, 0.29) is 5.91 Å². The largest absolute Gasteiger partial charge is 0.383 e. The van der Waals surface area contributed by atoms with E-state index >= 15 is 0 Å². The lowest BCUT2D eigenvalue weighted by atomic mass is 10.2. The van der Waals surface area contributed by atoms with Crippen LogP contribution >= 0.6 is 0 Å². The van der Waals surface area contributed by atoms with Crippen LogP contribution < -0.4 is 5.32 Å². The van der Waals surface area contributed by atoms with E-state index in [1.54, 1.807) is 13.3 Å². The predicted molar refractivity (Wildman–Crippen MR) is 81.5 cm³/mol. The maximum Gasteiger partial charge on any atom is 0.268 e. The summed E-state index contributed by atoms with van der Waals surface area (Å²) < 4.78 is 6.98. The van der Waals surface area contributed by atoms with Crippen molar-refractivity contribution in [3.05, 3.63) is 53.1 Å². The molecule has 0 spiro atoms. The standard InChI is InChI=1S/C16H21N3O2/c1-12-9-13(2)19(11-14-5-4-6-17-10-14)15(12)16(20)18-7-8-21-3/h4-6,9-10H,7-8,11H2,1-3H3,(H,18,20). The molecule has 0 fully saturated rings. The maximum atomic E-state index is 12.4. The third-order valence-electron chi connectivity index (χ3n) is 3.36. The number of carbonyl (C=O) groups is 1. The second-order valence-electron chi connectivity index (χ2n) is 5.01. The Kier molecular flexibility index (Phi) is 5.11. The summed E-state index contributed by atoms with van der Waals surface area (Å²) in [7, 11) is 1.62. The molecule has 21 heavy (non-hydrogen) atoms. The molecule has 1 amide bonds. The average Bonchev–Trinajstić information content (AvgIpc) is 2.74. The summed E-state index contributed by atoms with van der Waals surface area (Å²) >= 11 is 0. The van der Waals surface area contributed by atoms with Crippen LogP contribution in [0.4, 0.5) is 0 Å². The summed E-state index contributed by atoms with van der Waals surface area (Å²) in [5.74, 6) is -0.0680. The first-order valence-electron chi connectivity index (χ1n) is 6.96. The zero-order valence-electron chi connectivity index (χ0n) is 12.7. The molecule has 2 rings (SSSR count). The number of nitrogens with one attached hydrogen (secondary N) is 1. The van der Waals surface area contributed by atoms with Crippen LogP contribution in [0.3, 0.4) is 0 Å². The number of ether oxygens (including phenoxy) is 1. The predicted octanol–water partition coefficient (Wildman–Crippen LogP) is 1.92. The van der Waals surface area contributed by atoms with Crippen molar-refractivity contribution in [2.75, 3.05) is 20.3 Å². The number of amides is 1. The normalized spacial score (nSPS) is 10.6. The fraction of sp³-hybridized carbons (Fsp3) is 0.375. The molecule has 112 valence electrons. The Morgan fingerprint density at radius 3 is 2.90 bits per heavy atom. The van der Waals surface area contributed by atoms with Gasteiger partial charge >= 0.3 is 0 Å². The van der Waals surface area contributed by atoms with Gasteiger partial charge in [0.1, 0.15) is 5.69 Å². The van der Waals surface area contributed by atoms with Gasteiger partial charge in [-0.3, -0.25) is 9.78 Å². The maximum absolute atomic E-state index is 12.4. The Hall–Kier alpha value is -2.14. The number of hydrogen-bond donors (Lipinski definition) is 1. The van der Waals surface area contributed by atoms with Crippen LogP contribution in [0.25, 0.3) is 0 Å². The lowest BCUT2D eigenvalue weighted by molar-refractivity contribution is 0.0927. The van der Waals surface area contributed by atoms with E-state index < -0.39 is 0 Å². The minimum absolute atomic E-state index is 0.0680. The molecule has 0 aliphatic rings. The number of aromatic nitrogens is 2. The van der Waals surface area contributed by atoms with E-state index in [0.717, 1.165) is 16.8 Å². The van der Waals surface area contributed by atoms with Gasteiger partial charge < -0.3 is 14.6 Å². The quantitative estimate of drug-likeness (QED) is 0.826. The molecule has 1 N–H and O–H groups in total. The Morgan fingerprint density at radius 2 is 2.24 bits per heavy atom. The summed E-state index contributed by atoms with van der Waals surface area (Å²) in [6, 6.07) is 5.94. The van der Waals surface area contributed by atoms with Crippen molar-refractivity contribution in [3.63, 3.8) is 0 Å². The van der Waals surface area contributed by atoms with Crippen molar-refractivity contribution >= 4 is 5.91 Å². The van der Waals surface area contributed by atoms with Gasteiger partial charge in [0.05, 0.1) is 6.61 Å². The highest BCUT2D eigenvalue weighted by Crippen LogP contribution is 2.17. The number of hydrogen-bond acceptors (Lipinski definition) is 3. The average molecular weight is 287 g/mol. The molecule has 0 aliphatic carbocycles. The topological polar surface area (TPSA) is 56.1 Å². The van der Waals surface area contributed by atoms with Crippen molar-refractivity contribution in [1.82, 2.24) is 14.9 Å². The smallest absolute Gasteiger partial charge is 0.268 e. The van der Waals surface area contributed by atoms with Gasteiger partial charge in [0.25, 0.3) is 5.91 Å². The van der Waals surface area contributed by atoms with E-state index in [1.807, 2.05) is 42.8 Å². The first-order valence-corrected chi connectivity index (χ1v) is 6.96. The molecule has 2 heterocycles. The second-order valence-corrected chi connectivity index (χ2v) is 5.01. The molecule has 5 nitrogen and oxygen atoms in total. The Morgan fingerprint density at radius 1 is 1.43 bits per heavy atom. The van der Waals surface area contributed by atoms with Gasteiger partial charge in [-0.05, 0) is 37.1 Å². The Bertz CT molecular complexity index is 605. The van der Waals surface area contributed by atoms with E-state index in [2.05, 4.69) is 10.3 Å². The number of methoxy groups -OCH3 is 1. The molecule has 0 aromatic carbocycles. The fourth-order valence-electron chi connectivity index (χ4n) is 2.38. The summed E-state index contributed by atoms with van der Waals surface area (Å²) in [6.45, 7) is 5.62. The molecule has 2 aromatic heterocycles.